The third-order valence-corrected chi connectivity index (χ3v) is 6.13. The topological polar surface area (TPSA) is 67.8 Å². The van der Waals surface area contributed by atoms with Gasteiger partial charge in [-0.25, -0.2) is 4.68 Å². The molecule has 5 nitrogen and oxygen atoms in total. The Kier molecular flexibility index (Phi) is 5.75. The molecule has 0 spiro atoms. The highest BCUT2D eigenvalue weighted by molar-refractivity contribution is 6.19. The first-order valence-corrected chi connectivity index (χ1v) is 11.5. The Morgan fingerprint density at radius 1 is 0.800 bits per heavy atom. The molecule has 5 heteroatoms. The van der Waals surface area contributed by atoms with Gasteiger partial charge in [-0.1, -0.05) is 78.4 Å². The van der Waals surface area contributed by atoms with E-state index in [4.69, 9.17) is 0 Å². The molecule has 0 radical (unpaired) electrons. The summed E-state index contributed by atoms with van der Waals surface area (Å²) in [5, 5.41) is 4.49. The first kappa shape index (κ1) is 22.3. The number of rotatable bonds is 6. The fourth-order valence-electron chi connectivity index (χ4n) is 4.39. The Balaban J connectivity index is 1.71. The van der Waals surface area contributed by atoms with Gasteiger partial charge in [-0.05, 0) is 37.1 Å². The number of carbonyl (C=O) groups excluding carboxylic acids is 2. The minimum absolute atomic E-state index is 0.163. The Labute approximate surface area is 204 Å². The van der Waals surface area contributed by atoms with Gasteiger partial charge in [0, 0.05) is 24.4 Å². The van der Waals surface area contributed by atoms with Gasteiger partial charge in [0.25, 0.3) is 0 Å². The molecule has 0 aliphatic carbocycles. The zero-order valence-electron chi connectivity index (χ0n) is 19.9. The first-order chi connectivity index (χ1) is 16.9. The third-order valence-electron chi connectivity index (χ3n) is 6.13. The molecule has 172 valence electrons. The van der Waals surface area contributed by atoms with Crippen molar-refractivity contribution in [1.82, 2.24) is 14.8 Å². The third kappa shape index (κ3) is 4.13. The van der Waals surface area contributed by atoms with Crippen LogP contribution in [0, 0.1) is 13.8 Å². The van der Waals surface area contributed by atoms with E-state index in [2.05, 4.69) is 10.1 Å². The molecule has 0 saturated heterocycles. The van der Waals surface area contributed by atoms with E-state index in [1.807, 2.05) is 98.8 Å². The van der Waals surface area contributed by atoms with Gasteiger partial charge in [0.05, 0.1) is 22.5 Å². The van der Waals surface area contributed by atoms with Crippen LogP contribution in [-0.4, -0.2) is 26.3 Å². The first-order valence-electron chi connectivity index (χ1n) is 11.5. The number of carbonyl (C=O) groups is 2. The number of hydrogen-bond donors (Lipinski definition) is 1. The summed E-state index contributed by atoms with van der Waals surface area (Å²) in [5.41, 5.74) is 7.23. The Bertz CT molecular complexity index is 1530. The van der Waals surface area contributed by atoms with Gasteiger partial charge in [-0.15, -0.1) is 0 Å². The summed E-state index contributed by atoms with van der Waals surface area (Å²) in [6.07, 6.45) is 1.66. The van der Waals surface area contributed by atoms with E-state index in [1.54, 1.807) is 10.9 Å². The summed E-state index contributed by atoms with van der Waals surface area (Å²) in [6.45, 7) is 5.34. The van der Waals surface area contributed by atoms with Crippen LogP contribution in [0.15, 0.2) is 91.1 Å². The summed E-state index contributed by atoms with van der Waals surface area (Å²) in [5.74, 6) is -0.486. The molecule has 35 heavy (non-hydrogen) atoms. The maximum Gasteiger partial charge on any atom is 0.199 e. The molecule has 2 aromatic heterocycles. The highest BCUT2D eigenvalue weighted by atomic mass is 16.1. The van der Waals surface area contributed by atoms with Crippen molar-refractivity contribution >= 4 is 11.6 Å². The zero-order chi connectivity index (χ0) is 24.5. The maximum atomic E-state index is 14.1. The number of hydrogen-bond acceptors (Lipinski definition) is 3. The van der Waals surface area contributed by atoms with Crippen molar-refractivity contribution in [1.29, 1.82) is 0 Å². The van der Waals surface area contributed by atoms with Crippen LogP contribution in [0.5, 0.6) is 0 Å². The maximum absolute atomic E-state index is 14.1. The number of aryl methyl sites for hydroxylation is 2. The number of nitrogens with one attached hydrogen (secondary N) is 1. The number of H-pyrrole nitrogens is 1. The van der Waals surface area contributed by atoms with Crippen LogP contribution in [0.4, 0.5) is 0 Å². The lowest BCUT2D eigenvalue weighted by molar-refractivity contribution is 0.0987. The second-order valence-corrected chi connectivity index (χ2v) is 8.66. The number of ketones is 2. The molecule has 5 aromatic rings. The largest absolute Gasteiger partial charge is 0.357 e. The summed E-state index contributed by atoms with van der Waals surface area (Å²) in [7, 11) is 0. The number of aromatic nitrogens is 3. The van der Waals surface area contributed by atoms with Crippen LogP contribution >= 0.6 is 0 Å². The smallest absolute Gasteiger partial charge is 0.199 e. The lowest BCUT2D eigenvalue weighted by atomic mass is 9.92. The quantitative estimate of drug-likeness (QED) is 0.292. The number of nitrogens with zero attached hydrogens (tertiary/aromatic N) is 2. The predicted molar refractivity (Wildman–Crippen MR) is 138 cm³/mol. The molecular formula is C30H25N3O2. The lowest BCUT2D eigenvalue weighted by Gasteiger charge is -2.08. The highest BCUT2D eigenvalue weighted by Gasteiger charge is 2.28. The second-order valence-electron chi connectivity index (χ2n) is 8.66. The Morgan fingerprint density at radius 2 is 1.40 bits per heavy atom. The van der Waals surface area contributed by atoms with E-state index in [0.29, 0.717) is 5.56 Å². The van der Waals surface area contributed by atoms with Crippen molar-refractivity contribution in [2.45, 2.75) is 20.8 Å². The highest BCUT2D eigenvalue weighted by Crippen LogP contribution is 2.38. The van der Waals surface area contributed by atoms with Crippen LogP contribution < -0.4 is 0 Å². The molecule has 0 amide bonds. The van der Waals surface area contributed by atoms with Crippen molar-refractivity contribution in [3.05, 3.63) is 119 Å². The number of Topliss-reactive ketones (excluding diaryl/α,β-unsaturated/α-hetero) is 1. The minimum Gasteiger partial charge on any atom is -0.357 e. The van der Waals surface area contributed by atoms with Crippen molar-refractivity contribution in [3.8, 4) is 28.1 Å². The second kappa shape index (κ2) is 9.03. The predicted octanol–water partition coefficient (Wildman–Crippen LogP) is 6.58. The molecule has 0 unspecified atom stereocenters. The minimum atomic E-state index is -0.253. The number of benzene rings is 3. The van der Waals surface area contributed by atoms with E-state index < -0.39 is 0 Å². The molecule has 0 fully saturated rings. The number of aromatic amines is 1. The molecule has 2 heterocycles. The summed E-state index contributed by atoms with van der Waals surface area (Å²) >= 11 is 0. The molecule has 0 aliphatic heterocycles. The van der Waals surface area contributed by atoms with Gasteiger partial charge in [0.1, 0.15) is 5.69 Å². The summed E-state index contributed by atoms with van der Waals surface area (Å²) < 4.78 is 1.60. The van der Waals surface area contributed by atoms with Crippen LogP contribution in [0.1, 0.15) is 44.6 Å². The molecule has 0 atom stereocenters. The van der Waals surface area contributed by atoms with Gasteiger partial charge in [-0.3, -0.25) is 9.59 Å². The Morgan fingerprint density at radius 3 is 2.00 bits per heavy atom. The molecule has 3 aromatic carbocycles. The standard InChI is InChI=1S/C30H25N3O2/c1-19-14-16-24(17-15-19)33-18-25(28(32-33)21(3)34)30(35)26-20(2)31-29(23-12-8-5-9-13-23)27(26)22-10-6-4-7-11-22/h4-18,31H,1-3H3. The van der Waals surface area contributed by atoms with Gasteiger partial charge >= 0.3 is 0 Å². The Hall–Kier alpha value is -4.51. The fraction of sp³-hybridized carbons (Fsp3) is 0.100. The van der Waals surface area contributed by atoms with Gasteiger partial charge in [0.2, 0.25) is 0 Å². The monoisotopic (exact) mass is 459 g/mol. The molecule has 0 saturated carbocycles. The van der Waals surface area contributed by atoms with E-state index in [-0.39, 0.29) is 22.8 Å². The molecule has 5 rings (SSSR count). The fourth-order valence-corrected chi connectivity index (χ4v) is 4.39. The SMILES string of the molecule is CC(=O)c1nn(-c2ccc(C)cc2)cc1C(=O)c1c(C)[nH]c(-c2ccccc2)c1-c1ccccc1. The average molecular weight is 460 g/mol. The average Bonchev–Trinajstić information content (AvgIpc) is 3.47. The summed E-state index contributed by atoms with van der Waals surface area (Å²) in [4.78, 5) is 30.1. The molecule has 0 bridgehead atoms. The van der Waals surface area contributed by atoms with E-state index in [1.165, 1.54) is 6.92 Å². The molecule has 1 N–H and O–H groups in total. The van der Waals surface area contributed by atoms with E-state index in [0.717, 1.165) is 39.3 Å². The van der Waals surface area contributed by atoms with Gasteiger partial charge in [0.15, 0.2) is 11.6 Å². The summed E-state index contributed by atoms with van der Waals surface area (Å²) in [6, 6.07) is 27.6. The van der Waals surface area contributed by atoms with Crippen LogP contribution in [0.2, 0.25) is 0 Å². The van der Waals surface area contributed by atoms with Crippen LogP contribution in [0.25, 0.3) is 28.1 Å². The molecule has 0 aliphatic rings. The lowest BCUT2D eigenvalue weighted by Crippen LogP contribution is -2.08. The van der Waals surface area contributed by atoms with Crippen molar-refractivity contribution < 1.29 is 9.59 Å². The normalized spacial score (nSPS) is 10.9. The van der Waals surface area contributed by atoms with Gasteiger partial charge in [-0.2, -0.15) is 5.10 Å². The van der Waals surface area contributed by atoms with Crippen molar-refractivity contribution in [3.63, 3.8) is 0 Å². The van der Waals surface area contributed by atoms with Crippen LogP contribution in [-0.2, 0) is 0 Å². The van der Waals surface area contributed by atoms with E-state index >= 15 is 0 Å². The van der Waals surface area contributed by atoms with E-state index in [9.17, 15) is 9.59 Å². The van der Waals surface area contributed by atoms with Crippen molar-refractivity contribution in [2.24, 2.45) is 0 Å². The molecular weight excluding hydrogens is 434 g/mol. The van der Waals surface area contributed by atoms with Crippen molar-refractivity contribution in [2.75, 3.05) is 0 Å². The van der Waals surface area contributed by atoms with Crippen LogP contribution in [0.3, 0.4) is 0 Å². The van der Waals surface area contributed by atoms with Gasteiger partial charge < -0.3 is 4.98 Å². The zero-order valence-corrected chi connectivity index (χ0v) is 19.9.